The molecule has 37 heavy (non-hydrogen) atoms. The fraction of sp³-hybridized carbons (Fsp3) is 0.393. The van der Waals surface area contributed by atoms with Gasteiger partial charge >= 0.3 is 0 Å². The third-order valence-electron chi connectivity index (χ3n) is 7.09. The number of carbonyl (C=O) groups is 1. The van der Waals surface area contributed by atoms with Crippen LogP contribution in [0.3, 0.4) is 0 Å². The molecule has 3 aromatic rings. The number of nitrogens with one attached hydrogen (secondary N) is 1. The second kappa shape index (κ2) is 11.6. The number of rotatable bonds is 7. The molecule has 1 N–H and O–H groups in total. The summed E-state index contributed by atoms with van der Waals surface area (Å²) in [4.78, 5) is 41.9. The van der Waals surface area contributed by atoms with E-state index in [1.807, 2.05) is 23.1 Å². The maximum Gasteiger partial charge on any atom is 0.257 e. The number of piperazine rings is 2. The molecule has 0 spiro atoms. The second-order valence-electron chi connectivity index (χ2n) is 9.58. The van der Waals surface area contributed by atoms with E-state index in [0.717, 1.165) is 38.4 Å². The monoisotopic (exact) mass is 502 g/mol. The average Bonchev–Trinajstić information content (AvgIpc) is 2.94. The van der Waals surface area contributed by atoms with Gasteiger partial charge in [-0.25, -0.2) is 4.98 Å². The Morgan fingerprint density at radius 1 is 0.865 bits per heavy atom. The minimum absolute atomic E-state index is 0.0429. The van der Waals surface area contributed by atoms with Crippen LogP contribution in [0.25, 0.3) is 0 Å². The normalized spacial score (nSPS) is 17.1. The van der Waals surface area contributed by atoms with Crippen molar-refractivity contribution in [3.63, 3.8) is 0 Å². The summed E-state index contributed by atoms with van der Waals surface area (Å²) in [5.41, 5.74) is 2.54. The summed E-state index contributed by atoms with van der Waals surface area (Å²) in [5.74, 6) is 1.11. The minimum atomic E-state index is -0.143. The number of methoxy groups -OCH3 is 1. The summed E-state index contributed by atoms with van der Waals surface area (Å²) in [6.45, 7) is 7.80. The van der Waals surface area contributed by atoms with Gasteiger partial charge in [-0.2, -0.15) is 0 Å². The number of benzene rings is 2. The Balaban J connectivity index is 1.16. The first-order chi connectivity index (χ1) is 18.1. The van der Waals surface area contributed by atoms with Crippen LogP contribution in [-0.2, 0) is 13.1 Å². The number of aromatic amines is 1. The van der Waals surface area contributed by atoms with Crippen LogP contribution in [-0.4, -0.2) is 90.0 Å². The highest BCUT2D eigenvalue weighted by atomic mass is 16.5. The van der Waals surface area contributed by atoms with Crippen LogP contribution in [0.15, 0.2) is 65.5 Å². The first-order valence-electron chi connectivity index (χ1n) is 12.8. The molecule has 0 aliphatic carbocycles. The number of H-pyrrole nitrogens is 1. The zero-order chi connectivity index (χ0) is 25.6. The lowest BCUT2D eigenvalue weighted by atomic mass is 10.1. The second-order valence-corrected chi connectivity index (χ2v) is 9.58. The van der Waals surface area contributed by atoms with Crippen LogP contribution in [0.2, 0.25) is 0 Å². The first-order valence-corrected chi connectivity index (χ1v) is 12.8. The summed E-state index contributed by atoms with van der Waals surface area (Å²) >= 11 is 0. The molecule has 0 saturated carbocycles. The average molecular weight is 503 g/mol. The fourth-order valence-electron chi connectivity index (χ4n) is 5.01. The molecule has 2 saturated heterocycles. The summed E-state index contributed by atoms with van der Waals surface area (Å²) < 4.78 is 5.35. The molecule has 2 fully saturated rings. The molecule has 194 valence electrons. The molecule has 1 aromatic heterocycles. The Labute approximate surface area is 217 Å². The van der Waals surface area contributed by atoms with Crippen LogP contribution in [0.1, 0.15) is 21.6 Å². The molecule has 2 aliphatic rings. The van der Waals surface area contributed by atoms with Crippen molar-refractivity contribution in [2.45, 2.75) is 13.1 Å². The first kappa shape index (κ1) is 25.0. The van der Waals surface area contributed by atoms with E-state index in [1.54, 1.807) is 25.3 Å². The van der Waals surface area contributed by atoms with Crippen molar-refractivity contribution in [1.29, 1.82) is 0 Å². The molecule has 3 heterocycles. The predicted octanol–water partition coefficient (Wildman–Crippen LogP) is 2.06. The highest BCUT2D eigenvalue weighted by molar-refractivity contribution is 5.97. The molecule has 0 bridgehead atoms. The third kappa shape index (κ3) is 6.18. The number of ether oxygens (including phenoxy) is 1. The van der Waals surface area contributed by atoms with E-state index >= 15 is 0 Å². The highest BCUT2D eigenvalue weighted by Crippen LogP contribution is 2.21. The van der Waals surface area contributed by atoms with Crippen LogP contribution < -0.4 is 15.2 Å². The van der Waals surface area contributed by atoms with Crippen LogP contribution in [0.4, 0.5) is 5.95 Å². The Morgan fingerprint density at radius 3 is 2.22 bits per heavy atom. The zero-order valence-electron chi connectivity index (χ0n) is 21.3. The number of aromatic nitrogens is 2. The molecule has 9 heteroatoms. The molecular weight excluding hydrogens is 468 g/mol. The van der Waals surface area contributed by atoms with E-state index in [9.17, 15) is 9.59 Å². The number of amides is 1. The van der Waals surface area contributed by atoms with E-state index in [4.69, 9.17) is 9.72 Å². The Kier molecular flexibility index (Phi) is 7.82. The molecule has 1 amide bonds. The summed E-state index contributed by atoms with van der Waals surface area (Å²) in [7, 11) is 1.57. The zero-order valence-corrected chi connectivity index (χ0v) is 21.3. The predicted molar refractivity (Wildman–Crippen MR) is 143 cm³/mol. The Hall–Kier alpha value is -3.69. The summed E-state index contributed by atoms with van der Waals surface area (Å²) in [6, 6.07) is 19.4. The van der Waals surface area contributed by atoms with Crippen molar-refractivity contribution in [2.24, 2.45) is 0 Å². The molecule has 0 unspecified atom stereocenters. The van der Waals surface area contributed by atoms with Gasteiger partial charge in [0.15, 0.2) is 0 Å². The van der Waals surface area contributed by atoms with Gasteiger partial charge < -0.3 is 14.5 Å². The van der Waals surface area contributed by atoms with Crippen molar-refractivity contribution in [3.05, 3.63) is 87.8 Å². The maximum absolute atomic E-state index is 13.0. The van der Waals surface area contributed by atoms with Gasteiger partial charge in [0.2, 0.25) is 5.95 Å². The van der Waals surface area contributed by atoms with Crippen LogP contribution in [0.5, 0.6) is 5.75 Å². The van der Waals surface area contributed by atoms with Gasteiger partial charge in [0.25, 0.3) is 11.5 Å². The molecule has 9 nitrogen and oxygen atoms in total. The van der Waals surface area contributed by atoms with Crippen LogP contribution >= 0.6 is 0 Å². The maximum atomic E-state index is 13.0. The minimum Gasteiger partial charge on any atom is -0.496 e. The third-order valence-corrected chi connectivity index (χ3v) is 7.09. The van der Waals surface area contributed by atoms with Crippen molar-refractivity contribution < 1.29 is 9.53 Å². The van der Waals surface area contributed by atoms with Crippen molar-refractivity contribution in [1.82, 2.24) is 24.7 Å². The van der Waals surface area contributed by atoms with Crippen LogP contribution in [0, 0.1) is 0 Å². The van der Waals surface area contributed by atoms with Crippen molar-refractivity contribution in [3.8, 4) is 5.75 Å². The lowest BCUT2D eigenvalue weighted by molar-refractivity contribution is 0.0742. The van der Waals surface area contributed by atoms with Gasteiger partial charge in [-0.1, -0.05) is 42.5 Å². The molecule has 0 radical (unpaired) electrons. The van der Waals surface area contributed by atoms with Crippen molar-refractivity contribution >= 4 is 11.9 Å². The molecule has 2 aliphatic heterocycles. The number of nitrogens with zero attached hydrogens (tertiary/aromatic N) is 5. The SMILES string of the molecule is COc1ccccc1C(=O)N1CCN(c2nc(CN3CCN(Cc4ccccc4)CC3)cc(=O)[nH]2)CC1. The number of hydrogen-bond acceptors (Lipinski definition) is 7. The fourth-order valence-corrected chi connectivity index (χ4v) is 5.01. The van der Waals surface area contributed by atoms with E-state index in [2.05, 4.69) is 43.9 Å². The topological polar surface area (TPSA) is 85.0 Å². The number of hydrogen-bond donors (Lipinski definition) is 1. The van der Waals surface area contributed by atoms with E-state index < -0.39 is 0 Å². The lowest BCUT2D eigenvalue weighted by Crippen LogP contribution is -2.49. The lowest BCUT2D eigenvalue weighted by Gasteiger charge is -2.36. The molecular formula is C28H34N6O3. The van der Waals surface area contributed by atoms with Gasteiger partial charge in [-0.05, 0) is 17.7 Å². The van der Waals surface area contributed by atoms with Gasteiger partial charge in [0.1, 0.15) is 5.75 Å². The van der Waals surface area contributed by atoms with Crippen molar-refractivity contribution in [2.75, 3.05) is 64.4 Å². The Bertz CT molecular complexity index is 1250. The summed E-state index contributed by atoms with van der Waals surface area (Å²) in [5, 5.41) is 0. The quantitative estimate of drug-likeness (QED) is 0.529. The molecule has 2 aromatic carbocycles. The molecule has 5 rings (SSSR count). The number of para-hydroxylation sites is 1. The van der Waals surface area contributed by atoms with E-state index in [0.29, 0.717) is 50.0 Å². The highest BCUT2D eigenvalue weighted by Gasteiger charge is 2.25. The van der Waals surface area contributed by atoms with E-state index in [1.165, 1.54) is 5.56 Å². The smallest absolute Gasteiger partial charge is 0.257 e. The van der Waals surface area contributed by atoms with Gasteiger partial charge in [0, 0.05) is 71.5 Å². The van der Waals surface area contributed by atoms with E-state index in [-0.39, 0.29) is 11.5 Å². The standard InChI is InChI=1S/C28H34N6O3/c1-37-25-10-6-5-9-24(25)27(36)33-15-17-34(18-16-33)28-29-23(19-26(35)30-28)21-32-13-11-31(12-14-32)20-22-7-3-2-4-8-22/h2-10,19H,11-18,20-21H2,1H3,(H,29,30,35). The van der Waals surface area contributed by atoms with Gasteiger partial charge in [-0.15, -0.1) is 0 Å². The van der Waals surface area contributed by atoms with Gasteiger partial charge in [0.05, 0.1) is 18.4 Å². The largest absolute Gasteiger partial charge is 0.496 e. The molecule has 0 atom stereocenters. The number of anilines is 1. The number of carbonyl (C=O) groups excluding carboxylic acids is 1. The van der Waals surface area contributed by atoms with Gasteiger partial charge in [-0.3, -0.25) is 24.4 Å². The summed E-state index contributed by atoms with van der Waals surface area (Å²) in [6.07, 6.45) is 0. The Morgan fingerprint density at radius 2 is 1.51 bits per heavy atom.